The molecule has 1 N–H and O–H groups in total. The predicted octanol–water partition coefficient (Wildman–Crippen LogP) is 3.71. The van der Waals surface area contributed by atoms with E-state index in [-0.39, 0.29) is 4.87 Å². The van der Waals surface area contributed by atoms with Crippen LogP contribution in [0.4, 0.5) is 0 Å². The van der Waals surface area contributed by atoms with Crippen molar-refractivity contribution in [3.8, 4) is 0 Å². The van der Waals surface area contributed by atoms with Crippen LogP contribution in [0.15, 0.2) is 24.3 Å². The number of benzene rings is 1. The first-order valence-corrected chi connectivity index (χ1v) is 7.00. The molecular formula is C13H18ClNS. The quantitative estimate of drug-likeness (QED) is 0.865. The smallest absolute Gasteiger partial charge is 0.0660 e. The molecule has 1 aliphatic rings. The molecule has 1 heterocycles. The van der Waals surface area contributed by atoms with Crippen molar-refractivity contribution >= 4 is 23.4 Å². The summed E-state index contributed by atoms with van der Waals surface area (Å²) in [5.41, 5.74) is 1.35. The van der Waals surface area contributed by atoms with Crippen molar-refractivity contribution in [2.24, 2.45) is 0 Å². The Kier molecular flexibility index (Phi) is 3.83. The third kappa shape index (κ3) is 3.16. The highest BCUT2D eigenvalue weighted by Crippen LogP contribution is 2.34. The Labute approximate surface area is 107 Å². The van der Waals surface area contributed by atoms with E-state index in [0.29, 0.717) is 0 Å². The van der Waals surface area contributed by atoms with Crippen LogP contribution >= 0.6 is 23.4 Å². The predicted molar refractivity (Wildman–Crippen MR) is 73.2 cm³/mol. The minimum Gasteiger partial charge on any atom is -0.303 e. The molecular weight excluding hydrogens is 238 g/mol. The molecule has 88 valence electrons. The fourth-order valence-electron chi connectivity index (χ4n) is 2.18. The lowest BCUT2D eigenvalue weighted by Gasteiger charge is -2.37. The van der Waals surface area contributed by atoms with Gasteiger partial charge in [0.25, 0.3) is 0 Å². The summed E-state index contributed by atoms with van der Waals surface area (Å²) < 4.78 is 0. The largest absolute Gasteiger partial charge is 0.303 e. The Morgan fingerprint density at radius 1 is 1.44 bits per heavy atom. The van der Waals surface area contributed by atoms with Crippen molar-refractivity contribution < 1.29 is 0 Å². The molecule has 1 fully saturated rings. The van der Waals surface area contributed by atoms with E-state index in [2.05, 4.69) is 31.3 Å². The Balaban J connectivity index is 2.05. The van der Waals surface area contributed by atoms with E-state index in [1.165, 1.54) is 12.0 Å². The second-order valence-electron chi connectivity index (χ2n) is 4.68. The molecule has 0 aliphatic carbocycles. The standard InChI is InChI=1S/C13H18ClNS/c1-10-7-8-15-13(2,16-10)9-11-3-5-12(14)6-4-11/h3-6,10,15H,7-9H2,1-2H3. The van der Waals surface area contributed by atoms with E-state index in [9.17, 15) is 0 Å². The van der Waals surface area contributed by atoms with E-state index >= 15 is 0 Å². The van der Waals surface area contributed by atoms with Gasteiger partial charge in [-0.15, -0.1) is 11.8 Å². The van der Waals surface area contributed by atoms with Crippen LogP contribution in [0, 0.1) is 0 Å². The molecule has 2 rings (SSSR count). The van der Waals surface area contributed by atoms with Crippen molar-refractivity contribution in [3.63, 3.8) is 0 Å². The highest BCUT2D eigenvalue weighted by atomic mass is 35.5. The molecule has 0 bridgehead atoms. The van der Waals surface area contributed by atoms with Crippen molar-refractivity contribution in [1.29, 1.82) is 0 Å². The molecule has 1 aromatic rings. The summed E-state index contributed by atoms with van der Waals surface area (Å²) in [7, 11) is 0. The van der Waals surface area contributed by atoms with Crippen molar-refractivity contribution in [1.82, 2.24) is 5.32 Å². The van der Waals surface area contributed by atoms with Gasteiger partial charge in [0.15, 0.2) is 0 Å². The molecule has 1 nitrogen and oxygen atoms in total. The minimum atomic E-state index is 0.172. The van der Waals surface area contributed by atoms with Crippen LogP contribution in [0.5, 0.6) is 0 Å². The van der Waals surface area contributed by atoms with E-state index in [0.717, 1.165) is 23.2 Å². The normalized spacial score (nSPS) is 30.3. The van der Waals surface area contributed by atoms with Crippen LogP contribution in [-0.2, 0) is 6.42 Å². The van der Waals surface area contributed by atoms with E-state index in [4.69, 9.17) is 11.6 Å². The maximum atomic E-state index is 5.89. The number of nitrogens with one attached hydrogen (secondary N) is 1. The summed E-state index contributed by atoms with van der Waals surface area (Å²) >= 11 is 7.94. The zero-order valence-corrected chi connectivity index (χ0v) is 11.4. The molecule has 16 heavy (non-hydrogen) atoms. The highest BCUT2D eigenvalue weighted by molar-refractivity contribution is 8.01. The second kappa shape index (κ2) is 4.99. The summed E-state index contributed by atoms with van der Waals surface area (Å²) in [6, 6.07) is 8.18. The monoisotopic (exact) mass is 255 g/mol. The van der Waals surface area contributed by atoms with Gasteiger partial charge in [-0.05, 0) is 44.0 Å². The molecule has 2 atom stereocenters. The van der Waals surface area contributed by atoms with Crippen molar-refractivity contribution in [2.45, 2.75) is 36.8 Å². The zero-order chi connectivity index (χ0) is 11.6. The van der Waals surface area contributed by atoms with Gasteiger partial charge < -0.3 is 5.32 Å². The lowest BCUT2D eigenvalue weighted by Crippen LogP contribution is -2.47. The zero-order valence-electron chi connectivity index (χ0n) is 9.79. The molecule has 0 aromatic heterocycles. The Morgan fingerprint density at radius 3 is 2.75 bits per heavy atom. The van der Waals surface area contributed by atoms with E-state index in [1.54, 1.807) is 0 Å². The number of rotatable bonds is 2. The van der Waals surface area contributed by atoms with Crippen LogP contribution in [0.3, 0.4) is 0 Å². The summed E-state index contributed by atoms with van der Waals surface area (Å²) in [5.74, 6) is 0. The molecule has 3 heteroatoms. The Morgan fingerprint density at radius 2 is 2.12 bits per heavy atom. The maximum Gasteiger partial charge on any atom is 0.0660 e. The fraction of sp³-hybridized carbons (Fsp3) is 0.538. The summed E-state index contributed by atoms with van der Waals surface area (Å²) in [4.78, 5) is 0.172. The minimum absolute atomic E-state index is 0.172. The lowest BCUT2D eigenvalue weighted by molar-refractivity contribution is 0.467. The first-order valence-electron chi connectivity index (χ1n) is 5.75. The van der Waals surface area contributed by atoms with Gasteiger partial charge in [-0.3, -0.25) is 0 Å². The first-order chi connectivity index (χ1) is 7.57. The molecule has 0 amide bonds. The molecule has 1 saturated heterocycles. The number of hydrogen-bond donors (Lipinski definition) is 1. The van der Waals surface area contributed by atoms with Crippen LogP contribution in [0.25, 0.3) is 0 Å². The topological polar surface area (TPSA) is 12.0 Å². The first kappa shape index (κ1) is 12.3. The summed E-state index contributed by atoms with van der Waals surface area (Å²) in [6.45, 7) is 5.73. The van der Waals surface area contributed by atoms with Gasteiger partial charge in [-0.2, -0.15) is 0 Å². The molecule has 2 unspecified atom stereocenters. The van der Waals surface area contributed by atoms with Crippen LogP contribution in [-0.4, -0.2) is 16.7 Å². The average Bonchev–Trinajstić information content (AvgIpc) is 2.21. The number of halogens is 1. The molecule has 1 aromatic carbocycles. The van der Waals surface area contributed by atoms with Gasteiger partial charge in [-0.25, -0.2) is 0 Å². The molecule has 1 aliphatic heterocycles. The van der Waals surface area contributed by atoms with Gasteiger partial charge in [0.2, 0.25) is 0 Å². The SMILES string of the molecule is CC1CCNC(C)(Cc2ccc(Cl)cc2)S1. The van der Waals surface area contributed by atoms with Gasteiger partial charge in [0.1, 0.15) is 0 Å². The Bertz CT molecular complexity index is 351. The number of hydrogen-bond acceptors (Lipinski definition) is 2. The van der Waals surface area contributed by atoms with E-state index < -0.39 is 0 Å². The van der Waals surface area contributed by atoms with Gasteiger partial charge in [-0.1, -0.05) is 30.7 Å². The second-order valence-corrected chi connectivity index (χ2v) is 7.06. The van der Waals surface area contributed by atoms with Gasteiger partial charge in [0, 0.05) is 10.3 Å². The molecule has 0 saturated carbocycles. The van der Waals surface area contributed by atoms with Crippen molar-refractivity contribution in [3.05, 3.63) is 34.9 Å². The number of thioether (sulfide) groups is 1. The molecule has 0 spiro atoms. The van der Waals surface area contributed by atoms with Gasteiger partial charge >= 0.3 is 0 Å². The Hall–Kier alpha value is -0.180. The van der Waals surface area contributed by atoms with Crippen molar-refractivity contribution in [2.75, 3.05) is 6.54 Å². The highest BCUT2D eigenvalue weighted by Gasteiger charge is 2.30. The lowest BCUT2D eigenvalue weighted by atomic mass is 10.1. The van der Waals surface area contributed by atoms with Crippen LogP contribution in [0.2, 0.25) is 5.02 Å². The third-order valence-electron chi connectivity index (χ3n) is 2.97. The van der Waals surface area contributed by atoms with Gasteiger partial charge in [0.05, 0.1) is 4.87 Å². The maximum absolute atomic E-state index is 5.89. The third-order valence-corrected chi connectivity index (χ3v) is 4.66. The summed E-state index contributed by atoms with van der Waals surface area (Å²) in [6.07, 6.45) is 2.32. The van der Waals surface area contributed by atoms with Crippen LogP contribution in [0.1, 0.15) is 25.8 Å². The summed E-state index contributed by atoms with van der Waals surface area (Å²) in [5, 5.41) is 5.18. The fourth-order valence-corrected chi connectivity index (χ4v) is 3.87. The average molecular weight is 256 g/mol. The molecule has 0 radical (unpaired) electrons. The van der Waals surface area contributed by atoms with E-state index in [1.807, 2.05) is 23.9 Å². The van der Waals surface area contributed by atoms with Crippen LogP contribution < -0.4 is 5.32 Å².